The van der Waals surface area contributed by atoms with Crippen molar-refractivity contribution in [2.75, 3.05) is 6.61 Å². The topological polar surface area (TPSA) is 77.4 Å². The average molecular weight is 360 g/mol. The van der Waals surface area contributed by atoms with Crippen molar-refractivity contribution in [3.63, 3.8) is 0 Å². The predicted molar refractivity (Wildman–Crippen MR) is 93.8 cm³/mol. The quantitative estimate of drug-likeness (QED) is 0.633. The Hall–Kier alpha value is -2.41. The lowest BCUT2D eigenvalue weighted by atomic mass is 10.1. The van der Waals surface area contributed by atoms with Crippen molar-refractivity contribution in [1.29, 1.82) is 0 Å². The van der Waals surface area contributed by atoms with Crippen molar-refractivity contribution >= 4 is 29.0 Å². The third-order valence-electron chi connectivity index (χ3n) is 4.39. The minimum Gasteiger partial charge on any atom is -0.456 e. The van der Waals surface area contributed by atoms with Crippen molar-refractivity contribution < 1.29 is 19.1 Å². The first kappa shape index (κ1) is 17.4. The van der Waals surface area contributed by atoms with Crippen LogP contribution in [-0.4, -0.2) is 34.9 Å². The summed E-state index contributed by atoms with van der Waals surface area (Å²) in [5, 5.41) is 4.56. The van der Waals surface area contributed by atoms with Gasteiger partial charge in [-0.1, -0.05) is 6.07 Å². The summed E-state index contributed by atoms with van der Waals surface area (Å²) in [6.07, 6.45) is 0.735. The highest BCUT2D eigenvalue weighted by molar-refractivity contribution is 7.09. The number of rotatable bonds is 6. The molecule has 0 radical (unpaired) electrons. The van der Waals surface area contributed by atoms with E-state index < -0.39 is 12.0 Å². The molecule has 7 heteroatoms. The summed E-state index contributed by atoms with van der Waals surface area (Å²) in [5.41, 5.74) is 2.42. The third kappa shape index (κ3) is 3.82. The Morgan fingerprint density at radius 2 is 2.20 bits per heavy atom. The third-order valence-corrected chi connectivity index (χ3v) is 5.25. The molecule has 0 aliphatic carbocycles. The van der Waals surface area contributed by atoms with Crippen LogP contribution in [-0.2, 0) is 20.9 Å². The zero-order chi connectivity index (χ0) is 18.0. The smallest absolute Gasteiger partial charge is 0.329 e. The number of aryl methyl sites for hydroxylation is 1. The van der Waals surface area contributed by atoms with Gasteiger partial charge in [-0.05, 0) is 37.8 Å². The summed E-state index contributed by atoms with van der Waals surface area (Å²) in [5.74, 6) is -0.944. The molecule has 3 rings (SSSR count). The first-order valence-corrected chi connectivity index (χ1v) is 9.02. The van der Waals surface area contributed by atoms with Crippen molar-refractivity contribution in [3.05, 3.63) is 45.4 Å². The molecule has 0 aromatic carbocycles. The molecule has 2 aromatic heterocycles. The maximum Gasteiger partial charge on any atom is 0.329 e. The molecule has 25 heavy (non-hydrogen) atoms. The first-order valence-electron chi connectivity index (χ1n) is 8.14. The fourth-order valence-electron chi connectivity index (χ4n) is 2.99. The van der Waals surface area contributed by atoms with Crippen LogP contribution in [0.5, 0.6) is 0 Å². The minimum absolute atomic E-state index is 0.162. The van der Waals surface area contributed by atoms with Gasteiger partial charge in [-0.15, -0.1) is 11.3 Å². The number of thiophene rings is 1. The van der Waals surface area contributed by atoms with Gasteiger partial charge in [0.15, 0.2) is 6.61 Å². The molecule has 1 aliphatic heterocycles. The van der Waals surface area contributed by atoms with Crippen molar-refractivity contribution in [2.24, 2.45) is 0 Å². The van der Waals surface area contributed by atoms with Crippen LogP contribution in [0.2, 0.25) is 0 Å². The van der Waals surface area contributed by atoms with Gasteiger partial charge in [-0.3, -0.25) is 9.59 Å². The van der Waals surface area contributed by atoms with Crippen LogP contribution < -0.4 is 5.32 Å². The van der Waals surface area contributed by atoms with E-state index in [1.807, 2.05) is 31.4 Å². The van der Waals surface area contributed by atoms with E-state index in [-0.39, 0.29) is 18.3 Å². The number of hydrogen-bond donors (Lipinski definition) is 1. The molecule has 132 valence electrons. The Labute approximate surface area is 149 Å². The highest BCUT2D eigenvalue weighted by Gasteiger charge is 2.29. The molecular formula is C18H20N2O4S. The van der Waals surface area contributed by atoms with E-state index in [0.29, 0.717) is 18.4 Å². The molecule has 3 heterocycles. The van der Waals surface area contributed by atoms with Crippen LogP contribution in [0.4, 0.5) is 0 Å². The highest BCUT2D eigenvalue weighted by Crippen LogP contribution is 2.20. The molecule has 1 fully saturated rings. The molecule has 1 atom stereocenters. The molecular weight excluding hydrogens is 340 g/mol. The number of hydrogen-bond acceptors (Lipinski definition) is 5. The summed E-state index contributed by atoms with van der Waals surface area (Å²) < 4.78 is 7.17. The summed E-state index contributed by atoms with van der Waals surface area (Å²) in [6.45, 7) is 4.26. The van der Waals surface area contributed by atoms with Gasteiger partial charge in [-0.25, -0.2) is 4.79 Å². The molecule has 6 nitrogen and oxygen atoms in total. The van der Waals surface area contributed by atoms with Gasteiger partial charge in [0, 0.05) is 28.2 Å². The number of aromatic nitrogens is 1. The lowest BCUT2D eigenvalue weighted by Gasteiger charge is -2.10. The number of carbonyl (C=O) groups excluding carboxylic acids is 3. The van der Waals surface area contributed by atoms with E-state index in [9.17, 15) is 14.4 Å². The molecule has 1 saturated heterocycles. The minimum atomic E-state index is -0.633. The van der Waals surface area contributed by atoms with Gasteiger partial charge in [0.25, 0.3) is 0 Å². The Balaban J connectivity index is 1.64. The number of Topliss-reactive ketones (excluding diaryl/α,β-unsaturated/α-hetero) is 1. The van der Waals surface area contributed by atoms with Crippen LogP contribution in [0.1, 0.15) is 39.5 Å². The van der Waals surface area contributed by atoms with Crippen LogP contribution in [0.15, 0.2) is 23.6 Å². The molecule has 1 amide bonds. The standard InChI is InChI=1S/C18H20N2O4S/c1-11-8-14(12(2)20(11)9-13-4-3-7-25-13)16(21)10-24-18(23)15-5-6-17(22)19-15/h3-4,7-8,15H,5-6,9-10H2,1-2H3,(H,19,22)/t15-/m1/s1. The second-order valence-corrected chi connectivity index (χ2v) is 7.17. The van der Waals surface area contributed by atoms with Gasteiger partial charge >= 0.3 is 5.97 Å². The summed E-state index contributed by atoms with van der Waals surface area (Å²) in [6, 6.07) is 5.26. The Kier molecular flexibility index (Phi) is 5.03. The summed E-state index contributed by atoms with van der Waals surface area (Å²) in [4.78, 5) is 36.7. The summed E-state index contributed by atoms with van der Waals surface area (Å²) in [7, 11) is 0. The van der Waals surface area contributed by atoms with Gasteiger partial charge in [-0.2, -0.15) is 0 Å². The molecule has 1 aliphatic rings. The van der Waals surface area contributed by atoms with E-state index in [4.69, 9.17) is 4.74 Å². The summed E-state index contributed by atoms with van der Waals surface area (Å²) >= 11 is 1.67. The fourth-order valence-corrected chi connectivity index (χ4v) is 3.68. The second-order valence-electron chi connectivity index (χ2n) is 6.14. The maximum absolute atomic E-state index is 12.4. The Bertz CT molecular complexity index is 807. The van der Waals surface area contributed by atoms with Crippen LogP contribution in [0.25, 0.3) is 0 Å². The largest absolute Gasteiger partial charge is 0.456 e. The normalized spacial score (nSPS) is 16.7. The van der Waals surface area contributed by atoms with Crippen molar-refractivity contribution in [3.8, 4) is 0 Å². The molecule has 2 aromatic rings. The van der Waals surface area contributed by atoms with Gasteiger partial charge in [0.2, 0.25) is 11.7 Å². The first-order chi connectivity index (χ1) is 12.0. The monoisotopic (exact) mass is 360 g/mol. The van der Waals surface area contributed by atoms with E-state index in [1.165, 1.54) is 4.88 Å². The number of carbonyl (C=O) groups is 3. The molecule has 0 unspecified atom stereocenters. The van der Waals surface area contributed by atoms with Crippen LogP contribution in [0.3, 0.4) is 0 Å². The van der Waals surface area contributed by atoms with Gasteiger partial charge in [0.05, 0.1) is 6.54 Å². The maximum atomic E-state index is 12.4. The number of amides is 1. The number of nitrogens with zero attached hydrogens (tertiary/aromatic N) is 1. The fraction of sp³-hybridized carbons (Fsp3) is 0.389. The zero-order valence-electron chi connectivity index (χ0n) is 14.2. The Morgan fingerprint density at radius 1 is 1.40 bits per heavy atom. The lowest BCUT2D eigenvalue weighted by molar-refractivity contribution is -0.145. The molecule has 0 saturated carbocycles. The number of ether oxygens (including phenoxy) is 1. The zero-order valence-corrected chi connectivity index (χ0v) is 15.0. The Morgan fingerprint density at radius 3 is 2.84 bits per heavy atom. The number of esters is 1. The van der Waals surface area contributed by atoms with Crippen molar-refractivity contribution in [1.82, 2.24) is 9.88 Å². The van der Waals surface area contributed by atoms with Gasteiger partial charge in [0.1, 0.15) is 6.04 Å². The highest BCUT2D eigenvalue weighted by atomic mass is 32.1. The molecule has 0 spiro atoms. The lowest BCUT2D eigenvalue weighted by Crippen LogP contribution is -2.35. The second kappa shape index (κ2) is 7.23. The van der Waals surface area contributed by atoms with E-state index in [2.05, 4.69) is 16.0 Å². The SMILES string of the molecule is Cc1cc(C(=O)COC(=O)[C@H]2CCC(=O)N2)c(C)n1Cc1cccs1. The van der Waals surface area contributed by atoms with Gasteiger partial charge < -0.3 is 14.6 Å². The van der Waals surface area contributed by atoms with Crippen molar-refractivity contribution in [2.45, 2.75) is 39.3 Å². The van der Waals surface area contributed by atoms with E-state index >= 15 is 0 Å². The number of ketones is 1. The molecule has 0 bridgehead atoms. The molecule has 1 N–H and O–H groups in total. The van der Waals surface area contributed by atoms with Crippen LogP contribution in [0, 0.1) is 13.8 Å². The average Bonchev–Trinajstić information content (AvgIpc) is 3.30. The van der Waals surface area contributed by atoms with Crippen LogP contribution >= 0.6 is 11.3 Å². The van der Waals surface area contributed by atoms with E-state index in [1.54, 1.807) is 11.3 Å². The predicted octanol–water partition coefficient (Wildman–Crippen LogP) is 2.22. The number of nitrogens with one attached hydrogen (secondary N) is 1. The van der Waals surface area contributed by atoms with E-state index in [0.717, 1.165) is 17.9 Å².